The first kappa shape index (κ1) is 21.8. The summed E-state index contributed by atoms with van der Waals surface area (Å²) in [4.78, 5) is 53.7. The number of nitrogens with zero attached hydrogens (tertiary/aromatic N) is 3. The normalized spacial score (nSPS) is 17.2. The lowest BCUT2D eigenvalue weighted by Gasteiger charge is -2.35. The Morgan fingerprint density at radius 3 is 2.10 bits per heavy atom. The maximum absolute atomic E-state index is 12.3. The summed E-state index contributed by atoms with van der Waals surface area (Å²) in [6.07, 6.45) is -0.309. The van der Waals surface area contributed by atoms with Crippen molar-refractivity contribution in [1.82, 2.24) is 20.0 Å². The molecule has 0 unspecified atom stereocenters. The number of piperazine rings is 1. The van der Waals surface area contributed by atoms with Gasteiger partial charge in [0.25, 0.3) is 11.8 Å². The first-order valence-electron chi connectivity index (χ1n) is 10.1. The summed E-state index contributed by atoms with van der Waals surface area (Å²) >= 11 is 0. The Morgan fingerprint density at radius 2 is 1.57 bits per heavy atom. The molecule has 1 saturated heterocycles. The van der Waals surface area contributed by atoms with E-state index in [0.29, 0.717) is 50.4 Å². The fraction of sp³-hybridized carbons (Fsp3) is 0.524. The summed E-state index contributed by atoms with van der Waals surface area (Å²) in [6, 6.07) is 6.56. The molecule has 1 N–H and O–H groups in total. The number of fused-ring (bicyclic) bond motifs is 1. The van der Waals surface area contributed by atoms with Crippen molar-refractivity contribution in [1.29, 1.82) is 0 Å². The minimum atomic E-state index is -0.516. The van der Waals surface area contributed by atoms with Crippen LogP contribution in [0.15, 0.2) is 24.3 Å². The van der Waals surface area contributed by atoms with Crippen LogP contribution in [0.1, 0.15) is 41.5 Å². The molecule has 9 heteroatoms. The average molecular weight is 416 g/mol. The van der Waals surface area contributed by atoms with Crippen LogP contribution in [0.3, 0.4) is 0 Å². The monoisotopic (exact) mass is 416 g/mol. The van der Waals surface area contributed by atoms with Crippen molar-refractivity contribution in [3.8, 4) is 0 Å². The van der Waals surface area contributed by atoms with Crippen LogP contribution in [0.4, 0.5) is 4.79 Å². The third kappa shape index (κ3) is 5.15. The zero-order valence-corrected chi connectivity index (χ0v) is 17.6. The number of rotatable bonds is 5. The van der Waals surface area contributed by atoms with Gasteiger partial charge in [-0.15, -0.1) is 0 Å². The van der Waals surface area contributed by atoms with E-state index >= 15 is 0 Å². The lowest BCUT2D eigenvalue weighted by molar-refractivity contribution is -0.121. The zero-order chi connectivity index (χ0) is 21.9. The number of carbonyl (C=O) groups excluding carboxylic acids is 4. The number of carbonyl (C=O) groups is 4. The molecule has 0 aliphatic carbocycles. The van der Waals surface area contributed by atoms with Crippen LogP contribution in [0.2, 0.25) is 0 Å². The van der Waals surface area contributed by atoms with Gasteiger partial charge >= 0.3 is 6.09 Å². The maximum Gasteiger partial charge on any atom is 0.410 e. The fourth-order valence-corrected chi connectivity index (χ4v) is 3.42. The largest absolute Gasteiger partial charge is 0.444 e. The second kappa shape index (κ2) is 8.83. The molecule has 1 aromatic rings. The molecule has 2 aliphatic heterocycles. The summed E-state index contributed by atoms with van der Waals surface area (Å²) in [5.74, 6) is -1.26. The molecule has 1 aromatic carbocycles. The van der Waals surface area contributed by atoms with E-state index in [1.165, 1.54) is 0 Å². The van der Waals surface area contributed by atoms with E-state index in [1.807, 2.05) is 20.8 Å². The van der Waals surface area contributed by atoms with Crippen molar-refractivity contribution >= 4 is 23.8 Å². The molecule has 0 atom stereocenters. The van der Waals surface area contributed by atoms with Crippen molar-refractivity contribution < 1.29 is 23.9 Å². The first-order chi connectivity index (χ1) is 14.2. The van der Waals surface area contributed by atoms with E-state index in [9.17, 15) is 19.2 Å². The minimum absolute atomic E-state index is 0.293. The van der Waals surface area contributed by atoms with Crippen LogP contribution in [-0.2, 0) is 9.53 Å². The Bertz CT molecular complexity index is 805. The number of nitrogens with one attached hydrogen (secondary N) is 1. The molecule has 1 fully saturated rings. The number of hydrogen-bond donors (Lipinski definition) is 1. The topological polar surface area (TPSA) is 99.3 Å². The molecular weight excluding hydrogens is 388 g/mol. The van der Waals surface area contributed by atoms with Crippen LogP contribution >= 0.6 is 0 Å². The van der Waals surface area contributed by atoms with E-state index in [1.54, 1.807) is 29.2 Å². The van der Waals surface area contributed by atoms with Gasteiger partial charge in [-0.05, 0) is 32.9 Å². The fourth-order valence-electron chi connectivity index (χ4n) is 3.42. The van der Waals surface area contributed by atoms with Gasteiger partial charge in [0, 0.05) is 39.3 Å². The summed E-state index contributed by atoms with van der Waals surface area (Å²) < 4.78 is 5.38. The van der Waals surface area contributed by atoms with Gasteiger partial charge in [0.1, 0.15) is 12.1 Å². The molecular formula is C21H28N4O5. The molecule has 0 aromatic heterocycles. The van der Waals surface area contributed by atoms with E-state index in [4.69, 9.17) is 4.74 Å². The van der Waals surface area contributed by atoms with Crippen molar-refractivity contribution in [3.05, 3.63) is 35.4 Å². The predicted octanol–water partition coefficient (Wildman–Crippen LogP) is 0.952. The molecule has 3 rings (SSSR count). The Balaban J connectivity index is 1.38. The average Bonchev–Trinajstić information content (AvgIpc) is 2.92. The number of ether oxygens (including phenoxy) is 1. The van der Waals surface area contributed by atoms with Gasteiger partial charge in [-0.25, -0.2) is 4.79 Å². The van der Waals surface area contributed by atoms with E-state index < -0.39 is 17.4 Å². The van der Waals surface area contributed by atoms with Gasteiger partial charge in [0.15, 0.2) is 0 Å². The third-order valence-electron chi connectivity index (χ3n) is 4.95. The highest BCUT2D eigenvalue weighted by atomic mass is 16.6. The van der Waals surface area contributed by atoms with Gasteiger partial charge in [0.05, 0.1) is 11.1 Å². The molecule has 0 saturated carbocycles. The molecule has 2 heterocycles. The van der Waals surface area contributed by atoms with Gasteiger partial charge in [-0.1, -0.05) is 12.1 Å². The first-order valence-corrected chi connectivity index (χ1v) is 10.1. The van der Waals surface area contributed by atoms with Crippen molar-refractivity contribution in [2.24, 2.45) is 0 Å². The maximum atomic E-state index is 12.3. The number of imide groups is 1. The van der Waals surface area contributed by atoms with Gasteiger partial charge < -0.3 is 15.0 Å². The van der Waals surface area contributed by atoms with Gasteiger partial charge in [-0.2, -0.15) is 0 Å². The van der Waals surface area contributed by atoms with E-state index in [-0.39, 0.29) is 18.5 Å². The van der Waals surface area contributed by atoms with Gasteiger partial charge in [-0.3, -0.25) is 24.2 Å². The Morgan fingerprint density at radius 1 is 1.00 bits per heavy atom. The standard InChI is InChI=1S/C21H28N4O5/c1-21(2,3)30-20(29)24-12-10-23(11-13-24)9-8-22-17(26)14-25-18(27)15-6-4-5-7-16(15)19(25)28/h4-7H,8-14H2,1-3H3,(H,22,26). The highest BCUT2D eigenvalue weighted by molar-refractivity contribution is 6.22. The SMILES string of the molecule is CC(C)(C)OC(=O)N1CCN(CCNC(=O)CN2C(=O)c3ccccc3C2=O)CC1. The van der Waals surface area contributed by atoms with Crippen molar-refractivity contribution in [2.75, 3.05) is 45.8 Å². The van der Waals surface area contributed by atoms with Crippen LogP contribution in [-0.4, -0.2) is 89.9 Å². The summed E-state index contributed by atoms with van der Waals surface area (Å²) in [7, 11) is 0. The summed E-state index contributed by atoms with van der Waals surface area (Å²) in [6.45, 7) is 8.75. The van der Waals surface area contributed by atoms with E-state index in [0.717, 1.165) is 4.90 Å². The predicted molar refractivity (Wildman–Crippen MR) is 109 cm³/mol. The second-order valence-electron chi connectivity index (χ2n) is 8.40. The number of amides is 4. The minimum Gasteiger partial charge on any atom is -0.444 e. The molecule has 30 heavy (non-hydrogen) atoms. The highest BCUT2D eigenvalue weighted by Gasteiger charge is 2.36. The van der Waals surface area contributed by atoms with Crippen LogP contribution in [0.25, 0.3) is 0 Å². The summed E-state index contributed by atoms with van der Waals surface area (Å²) in [5, 5.41) is 2.76. The Kier molecular flexibility index (Phi) is 6.40. The second-order valence-corrected chi connectivity index (χ2v) is 8.40. The molecule has 0 radical (unpaired) electrons. The van der Waals surface area contributed by atoms with Crippen LogP contribution < -0.4 is 5.32 Å². The lowest BCUT2D eigenvalue weighted by Crippen LogP contribution is -2.51. The van der Waals surface area contributed by atoms with Gasteiger partial charge in [0.2, 0.25) is 5.91 Å². The van der Waals surface area contributed by atoms with Crippen molar-refractivity contribution in [3.63, 3.8) is 0 Å². The smallest absolute Gasteiger partial charge is 0.410 e. The molecule has 0 bridgehead atoms. The molecule has 4 amide bonds. The quantitative estimate of drug-likeness (QED) is 0.718. The van der Waals surface area contributed by atoms with Crippen LogP contribution in [0, 0.1) is 0 Å². The number of hydrogen-bond acceptors (Lipinski definition) is 6. The molecule has 9 nitrogen and oxygen atoms in total. The van der Waals surface area contributed by atoms with E-state index in [2.05, 4.69) is 10.2 Å². The highest BCUT2D eigenvalue weighted by Crippen LogP contribution is 2.21. The van der Waals surface area contributed by atoms with Crippen LogP contribution in [0.5, 0.6) is 0 Å². The zero-order valence-electron chi connectivity index (χ0n) is 17.6. The summed E-state index contributed by atoms with van der Waals surface area (Å²) in [5.41, 5.74) is 0.147. The molecule has 162 valence electrons. The third-order valence-corrected chi connectivity index (χ3v) is 4.95. The number of benzene rings is 1. The Labute approximate surface area is 175 Å². The molecule has 2 aliphatic rings. The molecule has 0 spiro atoms. The Hall–Kier alpha value is -2.94. The van der Waals surface area contributed by atoms with Crippen molar-refractivity contribution in [2.45, 2.75) is 26.4 Å². The lowest BCUT2D eigenvalue weighted by atomic mass is 10.1.